The topological polar surface area (TPSA) is 47.6 Å². The summed E-state index contributed by atoms with van der Waals surface area (Å²) in [4.78, 5) is 13.4. The minimum Gasteiger partial charge on any atom is -0.493 e. The van der Waals surface area contributed by atoms with Gasteiger partial charge in [-0.3, -0.25) is 4.79 Å². The normalized spacial score (nSPS) is 13.0. The lowest BCUT2D eigenvalue weighted by Gasteiger charge is -2.18. The first-order valence-corrected chi connectivity index (χ1v) is 9.08. The maximum absolute atomic E-state index is 12.5. The molecular formula is C20H25NO3S. The van der Waals surface area contributed by atoms with Gasteiger partial charge in [-0.25, -0.2) is 0 Å². The van der Waals surface area contributed by atoms with Gasteiger partial charge in [0, 0.05) is 4.90 Å². The van der Waals surface area contributed by atoms with Crippen molar-refractivity contribution in [2.75, 3.05) is 14.2 Å². The van der Waals surface area contributed by atoms with Crippen LogP contribution in [0.1, 0.15) is 31.0 Å². The SMILES string of the molecule is COc1ccc(SC(C)C(=O)NC(C)c2ccc(C)cc2)cc1OC. The smallest absolute Gasteiger partial charge is 0.233 e. The monoisotopic (exact) mass is 359 g/mol. The van der Waals surface area contributed by atoms with Gasteiger partial charge in [-0.05, 0) is 44.5 Å². The third kappa shape index (κ3) is 5.16. The highest BCUT2D eigenvalue weighted by atomic mass is 32.2. The molecule has 1 amide bonds. The van der Waals surface area contributed by atoms with Gasteiger partial charge in [0.25, 0.3) is 0 Å². The summed E-state index contributed by atoms with van der Waals surface area (Å²) in [7, 11) is 3.21. The Hall–Kier alpha value is -2.14. The molecule has 134 valence electrons. The molecule has 25 heavy (non-hydrogen) atoms. The van der Waals surface area contributed by atoms with E-state index in [2.05, 4.69) is 24.4 Å². The maximum atomic E-state index is 12.5. The number of nitrogens with one attached hydrogen (secondary N) is 1. The summed E-state index contributed by atoms with van der Waals surface area (Å²) in [5, 5.41) is 2.85. The second-order valence-electron chi connectivity index (χ2n) is 5.92. The number of carbonyl (C=O) groups excluding carboxylic acids is 1. The molecule has 0 spiro atoms. The Labute approximate surface area is 153 Å². The number of benzene rings is 2. The van der Waals surface area contributed by atoms with Crippen LogP contribution in [0.4, 0.5) is 0 Å². The van der Waals surface area contributed by atoms with Crippen molar-refractivity contribution in [2.45, 2.75) is 37.0 Å². The van der Waals surface area contributed by atoms with E-state index in [1.165, 1.54) is 17.3 Å². The number of rotatable bonds is 7. The molecule has 0 bridgehead atoms. The van der Waals surface area contributed by atoms with Gasteiger partial charge in [0.2, 0.25) is 5.91 Å². The maximum Gasteiger partial charge on any atom is 0.233 e. The lowest BCUT2D eigenvalue weighted by Crippen LogP contribution is -2.33. The average molecular weight is 359 g/mol. The van der Waals surface area contributed by atoms with Crippen LogP contribution >= 0.6 is 11.8 Å². The van der Waals surface area contributed by atoms with Gasteiger partial charge in [0.05, 0.1) is 25.5 Å². The molecule has 2 rings (SSSR count). The fourth-order valence-corrected chi connectivity index (χ4v) is 3.32. The molecule has 0 radical (unpaired) electrons. The van der Waals surface area contributed by atoms with Gasteiger partial charge in [-0.2, -0.15) is 0 Å². The van der Waals surface area contributed by atoms with Crippen molar-refractivity contribution in [1.82, 2.24) is 5.32 Å². The summed E-state index contributed by atoms with van der Waals surface area (Å²) in [6.07, 6.45) is 0. The molecule has 0 saturated carbocycles. The van der Waals surface area contributed by atoms with Gasteiger partial charge in [0.1, 0.15) is 0 Å². The van der Waals surface area contributed by atoms with Crippen LogP contribution in [0.5, 0.6) is 11.5 Å². The second kappa shape index (κ2) is 8.81. The number of methoxy groups -OCH3 is 2. The highest BCUT2D eigenvalue weighted by molar-refractivity contribution is 8.00. The molecule has 0 aliphatic heterocycles. The van der Waals surface area contributed by atoms with Crippen molar-refractivity contribution in [3.05, 3.63) is 53.6 Å². The molecule has 0 fully saturated rings. The molecule has 1 N–H and O–H groups in total. The van der Waals surface area contributed by atoms with Gasteiger partial charge < -0.3 is 14.8 Å². The number of ether oxygens (including phenoxy) is 2. The van der Waals surface area contributed by atoms with E-state index in [1.807, 2.05) is 44.2 Å². The number of amides is 1. The Morgan fingerprint density at radius 3 is 2.24 bits per heavy atom. The highest BCUT2D eigenvalue weighted by Gasteiger charge is 2.18. The number of hydrogen-bond acceptors (Lipinski definition) is 4. The predicted octanol–water partition coefficient (Wildman–Crippen LogP) is 4.37. The third-order valence-corrected chi connectivity index (χ3v) is 5.07. The fourth-order valence-electron chi connectivity index (χ4n) is 2.42. The minimum atomic E-state index is -0.217. The zero-order valence-corrected chi connectivity index (χ0v) is 16.1. The van der Waals surface area contributed by atoms with Gasteiger partial charge in [-0.15, -0.1) is 11.8 Å². The standard InChI is InChI=1S/C20H25NO3S/c1-13-6-8-16(9-7-13)14(2)21-20(22)15(3)25-17-10-11-18(23-4)19(12-17)24-5/h6-12,14-15H,1-5H3,(H,21,22). The summed E-state index contributed by atoms with van der Waals surface area (Å²) in [6.45, 7) is 5.95. The van der Waals surface area contributed by atoms with E-state index < -0.39 is 0 Å². The summed E-state index contributed by atoms with van der Waals surface area (Å²) in [5.41, 5.74) is 2.31. The molecular weight excluding hydrogens is 334 g/mol. The first-order chi connectivity index (χ1) is 11.9. The molecule has 2 unspecified atom stereocenters. The van der Waals surface area contributed by atoms with E-state index in [0.717, 1.165) is 10.5 Å². The second-order valence-corrected chi connectivity index (χ2v) is 7.33. The lowest BCUT2D eigenvalue weighted by atomic mass is 10.1. The van der Waals surface area contributed by atoms with E-state index >= 15 is 0 Å². The number of hydrogen-bond donors (Lipinski definition) is 1. The van der Waals surface area contributed by atoms with E-state index in [1.54, 1.807) is 14.2 Å². The molecule has 0 heterocycles. The first kappa shape index (κ1) is 19.2. The van der Waals surface area contributed by atoms with Crippen LogP contribution in [0, 0.1) is 6.92 Å². The van der Waals surface area contributed by atoms with Crippen LogP contribution in [0.3, 0.4) is 0 Å². The Morgan fingerprint density at radius 1 is 1.00 bits per heavy atom. The van der Waals surface area contributed by atoms with Gasteiger partial charge in [-0.1, -0.05) is 29.8 Å². The summed E-state index contributed by atoms with van der Waals surface area (Å²) in [6, 6.07) is 13.8. The molecule has 0 aromatic heterocycles. The summed E-state index contributed by atoms with van der Waals surface area (Å²) in [5.74, 6) is 1.35. The van der Waals surface area contributed by atoms with Crippen LogP contribution in [0.25, 0.3) is 0 Å². The number of carbonyl (C=O) groups is 1. The molecule has 0 aliphatic carbocycles. The van der Waals surface area contributed by atoms with E-state index in [9.17, 15) is 4.79 Å². The molecule has 2 aromatic carbocycles. The summed E-state index contributed by atoms with van der Waals surface area (Å²) < 4.78 is 10.6. The van der Waals surface area contributed by atoms with E-state index in [0.29, 0.717) is 11.5 Å². The summed E-state index contributed by atoms with van der Waals surface area (Å²) >= 11 is 1.49. The van der Waals surface area contributed by atoms with Gasteiger partial charge in [0.15, 0.2) is 11.5 Å². The molecule has 2 atom stereocenters. The molecule has 2 aromatic rings. The van der Waals surface area contributed by atoms with Crippen LogP contribution in [-0.2, 0) is 4.79 Å². The molecule has 0 saturated heterocycles. The van der Waals surface area contributed by atoms with Crippen molar-refractivity contribution in [2.24, 2.45) is 0 Å². The van der Waals surface area contributed by atoms with Crippen LogP contribution in [-0.4, -0.2) is 25.4 Å². The third-order valence-electron chi connectivity index (χ3n) is 3.97. The average Bonchev–Trinajstić information content (AvgIpc) is 2.61. The predicted molar refractivity (Wildman–Crippen MR) is 103 cm³/mol. The minimum absolute atomic E-state index is 0.00728. The molecule has 4 nitrogen and oxygen atoms in total. The lowest BCUT2D eigenvalue weighted by molar-refractivity contribution is -0.120. The van der Waals surface area contributed by atoms with Crippen molar-refractivity contribution in [3.8, 4) is 11.5 Å². The van der Waals surface area contributed by atoms with Gasteiger partial charge >= 0.3 is 0 Å². The number of aryl methyl sites for hydroxylation is 1. The quantitative estimate of drug-likeness (QED) is 0.746. The Balaban J connectivity index is 1.99. The Bertz CT molecular complexity index is 715. The molecule has 5 heteroatoms. The Kier molecular flexibility index (Phi) is 6.76. The number of thioether (sulfide) groups is 1. The van der Waals surface area contributed by atoms with Crippen molar-refractivity contribution in [1.29, 1.82) is 0 Å². The highest BCUT2D eigenvalue weighted by Crippen LogP contribution is 2.33. The Morgan fingerprint density at radius 2 is 1.64 bits per heavy atom. The zero-order valence-electron chi connectivity index (χ0n) is 15.3. The fraction of sp³-hybridized carbons (Fsp3) is 0.350. The van der Waals surface area contributed by atoms with Crippen molar-refractivity contribution < 1.29 is 14.3 Å². The van der Waals surface area contributed by atoms with Crippen molar-refractivity contribution in [3.63, 3.8) is 0 Å². The first-order valence-electron chi connectivity index (χ1n) is 8.20. The zero-order chi connectivity index (χ0) is 18.4. The van der Waals surface area contributed by atoms with E-state index in [4.69, 9.17) is 9.47 Å². The van der Waals surface area contributed by atoms with Crippen molar-refractivity contribution >= 4 is 17.7 Å². The van der Waals surface area contributed by atoms with Crippen LogP contribution in [0.15, 0.2) is 47.4 Å². The van der Waals surface area contributed by atoms with Crippen LogP contribution in [0.2, 0.25) is 0 Å². The van der Waals surface area contributed by atoms with E-state index in [-0.39, 0.29) is 17.2 Å². The largest absolute Gasteiger partial charge is 0.493 e. The molecule has 0 aliphatic rings. The van der Waals surface area contributed by atoms with Crippen LogP contribution < -0.4 is 14.8 Å².